The summed E-state index contributed by atoms with van der Waals surface area (Å²) in [7, 11) is 0. The van der Waals surface area contributed by atoms with Crippen LogP contribution in [0.1, 0.15) is 31.3 Å². The molecule has 0 atom stereocenters. The topological polar surface area (TPSA) is 25.8 Å². The third-order valence-electron chi connectivity index (χ3n) is 2.55. The van der Waals surface area contributed by atoms with E-state index in [1.54, 1.807) is 18.2 Å². The molecule has 0 N–H and O–H groups in total. The van der Waals surface area contributed by atoms with Crippen LogP contribution in [0, 0.1) is 5.82 Å². The van der Waals surface area contributed by atoms with Crippen molar-refractivity contribution in [1.82, 2.24) is 9.97 Å². The Morgan fingerprint density at radius 3 is 2.68 bits per heavy atom. The lowest BCUT2D eigenvalue weighted by Crippen LogP contribution is -2.00. The van der Waals surface area contributed by atoms with Gasteiger partial charge in [0.25, 0.3) is 0 Å². The Bertz CT molecular complexity index is 575. The molecule has 0 saturated heterocycles. The molecule has 1 aromatic heterocycles. The first-order valence-corrected chi connectivity index (χ1v) is 7.33. The van der Waals surface area contributed by atoms with E-state index in [2.05, 4.69) is 9.97 Å². The number of hydrogen-bond donors (Lipinski definition) is 0. The maximum Gasteiger partial charge on any atom is 0.140 e. The lowest BCUT2D eigenvalue weighted by Gasteiger charge is -2.08. The molecule has 0 bridgehead atoms. The summed E-state index contributed by atoms with van der Waals surface area (Å²) in [5.74, 6) is 1.20. The van der Waals surface area contributed by atoms with Crippen LogP contribution >= 0.6 is 23.4 Å². The van der Waals surface area contributed by atoms with Gasteiger partial charge < -0.3 is 0 Å². The van der Waals surface area contributed by atoms with E-state index in [0.717, 1.165) is 5.69 Å². The normalized spacial score (nSPS) is 11.0. The minimum atomic E-state index is -0.224. The van der Waals surface area contributed by atoms with E-state index in [-0.39, 0.29) is 11.7 Å². The van der Waals surface area contributed by atoms with Crippen LogP contribution in [0.25, 0.3) is 0 Å². The molecule has 0 saturated carbocycles. The van der Waals surface area contributed by atoms with Crippen molar-refractivity contribution in [3.63, 3.8) is 0 Å². The molecule has 100 valence electrons. The van der Waals surface area contributed by atoms with E-state index in [9.17, 15) is 4.39 Å². The summed E-state index contributed by atoms with van der Waals surface area (Å²) in [6.07, 6.45) is 0. The van der Waals surface area contributed by atoms with E-state index in [1.165, 1.54) is 17.8 Å². The van der Waals surface area contributed by atoms with Crippen molar-refractivity contribution in [2.75, 3.05) is 0 Å². The monoisotopic (exact) mass is 296 g/mol. The second-order valence-electron chi connectivity index (χ2n) is 4.41. The van der Waals surface area contributed by atoms with Crippen LogP contribution < -0.4 is 0 Å². The van der Waals surface area contributed by atoms with Crippen molar-refractivity contribution in [2.24, 2.45) is 0 Å². The molecule has 0 aliphatic carbocycles. The predicted molar refractivity (Wildman–Crippen MR) is 77.1 cm³/mol. The first-order chi connectivity index (χ1) is 9.06. The van der Waals surface area contributed by atoms with Gasteiger partial charge in [0.1, 0.15) is 16.8 Å². The van der Waals surface area contributed by atoms with Gasteiger partial charge in [-0.25, -0.2) is 14.4 Å². The summed E-state index contributed by atoms with van der Waals surface area (Å²) in [5, 5.41) is 0.433. The number of benzene rings is 1. The smallest absolute Gasteiger partial charge is 0.140 e. The summed E-state index contributed by atoms with van der Waals surface area (Å²) < 4.78 is 13.5. The molecule has 0 spiro atoms. The SMILES string of the molecule is CC(C)c1cc(Cl)nc(CSc2ccccc2F)n1. The number of nitrogens with zero attached hydrogens (tertiary/aromatic N) is 2. The van der Waals surface area contributed by atoms with Crippen LogP contribution in [0.4, 0.5) is 4.39 Å². The van der Waals surface area contributed by atoms with Crippen molar-refractivity contribution < 1.29 is 4.39 Å². The minimum Gasteiger partial charge on any atom is -0.237 e. The summed E-state index contributed by atoms with van der Waals surface area (Å²) in [4.78, 5) is 9.21. The van der Waals surface area contributed by atoms with Crippen LogP contribution in [0.15, 0.2) is 35.2 Å². The van der Waals surface area contributed by atoms with Crippen molar-refractivity contribution in [3.8, 4) is 0 Å². The molecule has 0 aliphatic rings. The molecule has 2 nitrogen and oxygen atoms in total. The van der Waals surface area contributed by atoms with E-state index in [1.807, 2.05) is 19.9 Å². The third kappa shape index (κ3) is 3.91. The molecule has 0 unspecified atom stereocenters. The van der Waals surface area contributed by atoms with Crippen molar-refractivity contribution in [1.29, 1.82) is 0 Å². The Kier molecular flexibility index (Phi) is 4.77. The van der Waals surface area contributed by atoms with Gasteiger partial charge in [-0.3, -0.25) is 0 Å². The zero-order valence-electron chi connectivity index (χ0n) is 10.7. The van der Waals surface area contributed by atoms with Crippen LogP contribution in [0.5, 0.6) is 0 Å². The number of thioether (sulfide) groups is 1. The fourth-order valence-corrected chi connectivity index (χ4v) is 2.55. The van der Waals surface area contributed by atoms with E-state index < -0.39 is 0 Å². The first-order valence-electron chi connectivity index (χ1n) is 5.97. The van der Waals surface area contributed by atoms with Crippen LogP contribution in [0.2, 0.25) is 5.15 Å². The molecule has 0 radical (unpaired) electrons. The van der Waals surface area contributed by atoms with Crippen LogP contribution in [-0.2, 0) is 5.75 Å². The highest BCUT2D eigenvalue weighted by atomic mass is 35.5. The number of halogens is 2. The van der Waals surface area contributed by atoms with Gasteiger partial charge in [0.2, 0.25) is 0 Å². The molecular weight excluding hydrogens is 283 g/mol. The molecule has 1 heterocycles. The third-order valence-corrected chi connectivity index (χ3v) is 3.78. The zero-order valence-corrected chi connectivity index (χ0v) is 12.3. The zero-order chi connectivity index (χ0) is 13.8. The maximum absolute atomic E-state index is 13.5. The van der Waals surface area contributed by atoms with E-state index in [0.29, 0.717) is 21.6 Å². The molecule has 19 heavy (non-hydrogen) atoms. The van der Waals surface area contributed by atoms with Crippen molar-refractivity contribution >= 4 is 23.4 Å². The van der Waals surface area contributed by atoms with Gasteiger partial charge in [-0.1, -0.05) is 37.6 Å². The van der Waals surface area contributed by atoms with Crippen LogP contribution in [0.3, 0.4) is 0 Å². The second-order valence-corrected chi connectivity index (χ2v) is 5.81. The Hall–Kier alpha value is -1.13. The van der Waals surface area contributed by atoms with Crippen molar-refractivity contribution in [2.45, 2.75) is 30.4 Å². The molecule has 5 heteroatoms. The second kappa shape index (κ2) is 6.35. The molecule has 1 aromatic carbocycles. The number of rotatable bonds is 4. The standard InChI is InChI=1S/C14H14ClFN2S/c1-9(2)11-7-13(15)18-14(17-11)8-19-12-6-4-3-5-10(12)16/h3-7,9H,8H2,1-2H3. The van der Waals surface area contributed by atoms with E-state index >= 15 is 0 Å². The molecule has 2 aromatic rings. The van der Waals surface area contributed by atoms with Gasteiger partial charge in [-0.05, 0) is 24.1 Å². The molecule has 2 rings (SSSR count). The average molecular weight is 297 g/mol. The molecule has 0 aliphatic heterocycles. The Morgan fingerprint density at radius 1 is 1.26 bits per heavy atom. The lowest BCUT2D eigenvalue weighted by atomic mass is 10.1. The molecule has 0 amide bonds. The number of hydrogen-bond acceptors (Lipinski definition) is 3. The summed E-state index contributed by atoms with van der Waals surface area (Å²) >= 11 is 7.34. The van der Waals surface area contributed by atoms with E-state index in [4.69, 9.17) is 11.6 Å². The Morgan fingerprint density at radius 2 is 2.00 bits per heavy atom. The number of aromatic nitrogens is 2. The van der Waals surface area contributed by atoms with Gasteiger partial charge in [-0.15, -0.1) is 11.8 Å². The van der Waals surface area contributed by atoms with Crippen LogP contribution in [-0.4, -0.2) is 9.97 Å². The van der Waals surface area contributed by atoms with Crippen molar-refractivity contribution in [3.05, 3.63) is 52.8 Å². The predicted octanol–water partition coefficient (Wildman–Crippen LogP) is 4.68. The highest BCUT2D eigenvalue weighted by Crippen LogP contribution is 2.25. The van der Waals surface area contributed by atoms with Gasteiger partial charge in [0.05, 0.1) is 5.75 Å². The molecule has 0 fully saturated rings. The average Bonchev–Trinajstić information content (AvgIpc) is 2.37. The van der Waals surface area contributed by atoms with Gasteiger partial charge in [0.15, 0.2) is 0 Å². The Balaban J connectivity index is 2.14. The lowest BCUT2D eigenvalue weighted by molar-refractivity contribution is 0.602. The quantitative estimate of drug-likeness (QED) is 0.605. The fraction of sp³-hybridized carbons (Fsp3) is 0.286. The summed E-state index contributed by atoms with van der Waals surface area (Å²) in [6.45, 7) is 4.10. The van der Waals surface area contributed by atoms with Gasteiger partial charge >= 0.3 is 0 Å². The molecular formula is C14H14ClFN2S. The fourth-order valence-electron chi connectivity index (χ4n) is 1.55. The minimum absolute atomic E-state index is 0.224. The summed E-state index contributed by atoms with van der Waals surface area (Å²) in [6, 6.07) is 8.44. The summed E-state index contributed by atoms with van der Waals surface area (Å²) in [5.41, 5.74) is 0.907. The van der Waals surface area contributed by atoms with Gasteiger partial charge in [0, 0.05) is 10.6 Å². The highest BCUT2D eigenvalue weighted by molar-refractivity contribution is 7.98. The first kappa shape index (κ1) is 14.3. The van der Waals surface area contributed by atoms with Gasteiger partial charge in [-0.2, -0.15) is 0 Å². The highest BCUT2D eigenvalue weighted by Gasteiger charge is 2.08. The largest absolute Gasteiger partial charge is 0.237 e. The Labute approximate surface area is 121 Å². The maximum atomic E-state index is 13.5.